The van der Waals surface area contributed by atoms with Crippen molar-refractivity contribution in [2.24, 2.45) is 0 Å². The number of rotatable bonds is 3. The number of piperazine rings is 1. The van der Waals surface area contributed by atoms with Crippen LogP contribution in [-0.2, 0) is 12.4 Å². The normalized spacial score (nSPS) is 15.9. The van der Waals surface area contributed by atoms with Gasteiger partial charge in [0.1, 0.15) is 0 Å². The van der Waals surface area contributed by atoms with E-state index in [1.807, 2.05) is 6.07 Å². The van der Waals surface area contributed by atoms with Crippen LogP contribution in [0.2, 0.25) is 0 Å². The average molecular weight is 406 g/mol. The topological polar surface area (TPSA) is 15.3 Å². The third kappa shape index (κ3) is 4.70. The average Bonchev–Trinajstić information content (AvgIpc) is 2.61. The molecule has 2 aromatic rings. The smallest absolute Gasteiger partial charge is 0.368 e. The Morgan fingerprint density at radius 1 is 0.815 bits per heavy atom. The zero-order valence-corrected chi connectivity index (χ0v) is 14.8. The van der Waals surface area contributed by atoms with Crippen LogP contribution in [0, 0.1) is 0 Å². The molecule has 0 bridgehead atoms. The number of hydrogen-bond donors (Lipinski definition) is 1. The fraction of sp³-hybridized carbons (Fsp3) is 0.333. The van der Waals surface area contributed by atoms with Gasteiger partial charge in [-0.2, -0.15) is 26.3 Å². The quantitative estimate of drug-likeness (QED) is 0.698. The van der Waals surface area contributed by atoms with Gasteiger partial charge in [0, 0.05) is 36.0 Å². The predicted molar refractivity (Wildman–Crippen MR) is 92.1 cm³/mol. The van der Waals surface area contributed by atoms with E-state index in [1.165, 1.54) is 0 Å². The van der Waals surface area contributed by atoms with Crippen molar-refractivity contribution in [2.45, 2.75) is 22.1 Å². The van der Waals surface area contributed by atoms with Crippen LogP contribution in [0.3, 0.4) is 0 Å². The summed E-state index contributed by atoms with van der Waals surface area (Å²) in [5.74, 6) is 0. The van der Waals surface area contributed by atoms with Gasteiger partial charge in [-0.3, -0.25) is 0 Å². The minimum Gasteiger partial charge on any atom is -0.368 e. The molecule has 2 aromatic carbocycles. The molecule has 1 heterocycles. The molecule has 1 fully saturated rings. The van der Waals surface area contributed by atoms with Gasteiger partial charge in [0.15, 0.2) is 0 Å². The van der Waals surface area contributed by atoms with Crippen LogP contribution in [0.25, 0.3) is 0 Å². The maximum absolute atomic E-state index is 13.4. The third-order valence-corrected chi connectivity index (χ3v) is 5.30. The summed E-state index contributed by atoms with van der Waals surface area (Å²) in [6.07, 6.45) is -9.71. The molecular formula is C18H16F6N2S. The molecule has 1 aliphatic heterocycles. The standard InChI is InChI=1S/C18H16F6N2S/c19-17(20,21)12-5-6-15(13(11-12)18(22,23)24)27-16-4-2-1-3-14(16)26-9-7-25-8-10-26/h1-6,11,25H,7-10H2. The maximum atomic E-state index is 13.4. The Balaban J connectivity index is 1.99. The molecule has 1 saturated heterocycles. The summed E-state index contributed by atoms with van der Waals surface area (Å²) in [5, 5.41) is 3.20. The predicted octanol–water partition coefficient (Wildman–Crippen LogP) is 5.29. The lowest BCUT2D eigenvalue weighted by atomic mass is 10.1. The summed E-state index contributed by atoms with van der Waals surface area (Å²) in [5.41, 5.74) is -1.82. The first kappa shape index (κ1) is 19.9. The molecular weight excluding hydrogens is 390 g/mol. The number of nitrogens with zero attached hydrogens (tertiary/aromatic N) is 1. The Bertz CT molecular complexity index is 797. The monoisotopic (exact) mass is 406 g/mol. The van der Waals surface area contributed by atoms with Crippen molar-refractivity contribution in [1.29, 1.82) is 0 Å². The molecule has 0 radical (unpaired) electrons. The molecule has 0 unspecified atom stereocenters. The number of benzene rings is 2. The maximum Gasteiger partial charge on any atom is 0.417 e. The van der Waals surface area contributed by atoms with E-state index >= 15 is 0 Å². The second-order valence-corrected chi connectivity index (χ2v) is 7.10. The summed E-state index contributed by atoms with van der Waals surface area (Å²) in [6, 6.07) is 8.74. The fourth-order valence-corrected chi connectivity index (χ4v) is 3.95. The van der Waals surface area contributed by atoms with E-state index in [0.717, 1.165) is 36.6 Å². The van der Waals surface area contributed by atoms with Gasteiger partial charge < -0.3 is 10.2 Å². The van der Waals surface area contributed by atoms with Gasteiger partial charge in [0.2, 0.25) is 0 Å². The molecule has 1 N–H and O–H groups in total. The molecule has 9 heteroatoms. The Morgan fingerprint density at radius 3 is 2.11 bits per heavy atom. The van der Waals surface area contributed by atoms with E-state index < -0.39 is 23.5 Å². The van der Waals surface area contributed by atoms with Gasteiger partial charge in [0.25, 0.3) is 0 Å². The number of hydrogen-bond acceptors (Lipinski definition) is 3. The van der Waals surface area contributed by atoms with Gasteiger partial charge >= 0.3 is 12.4 Å². The first-order chi connectivity index (χ1) is 12.7. The van der Waals surface area contributed by atoms with E-state index in [9.17, 15) is 26.3 Å². The summed E-state index contributed by atoms with van der Waals surface area (Å²) < 4.78 is 78.6. The van der Waals surface area contributed by atoms with Crippen LogP contribution in [0.15, 0.2) is 52.3 Å². The number of anilines is 1. The first-order valence-corrected chi connectivity index (χ1v) is 8.99. The molecule has 0 amide bonds. The van der Waals surface area contributed by atoms with Gasteiger partial charge in [-0.25, -0.2) is 0 Å². The molecule has 0 aliphatic carbocycles. The van der Waals surface area contributed by atoms with Crippen molar-refractivity contribution in [3.63, 3.8) is 0 Å². The van der Waals surface area contributed by atoms with Crippen molar-refractivity contribution in [2.75, 3.05) is 31.1 Å². The highest BCUT2D eigenvalue weighted by Gasteiger charge is 2.38. The molecule has 0 spiro atoms. The summed E-state index contributed by atoms with van der Waals surface area (Å²) in [4.78, 5) is 2.37. The number of nitrogens with one attached hydrogen (secondary N) is 1. The van der Waals surface area contributed by atoms with Crippen molar-refractivity contribution in [3.05, 3.63) is 53.6 Å². The van der Waals surface area contributed by atoms with E-state index in [4.69, 9.17) is 0 Å². The zero-order chi connectivity index (χ0) is 19.7. The highest BCUT2D eigenvalue weighted by molar-refractivity contribution is 7.99. The van der Waals surface area contributed by atoms with Crippen LogP contribution < -0.4 is 10.2 Å². The lowest BCUT2D eigenvalue weighted by Crippen LogP contribution is -2.43. The van der Waals surface area contributed by atoms with E-state index in [1.54, 1.807) is 18.2 Å². The minimum absolute atomic E-state index is 0.176. The van der Waals surface area contributed by atoms with E-state index in [-0.39, 0.29) is 11.0 Å². The van der Waals surface area contributed by atoms with Crippen LogP contribution in [0.4, 0.5) is 32.0 Å². The molecule has 3 rings (SSSR count). The van der Waals surface area contributed by atoms with Crippen LogP contribution in [0.1, 0.15) is 11.1 Å². The van der Waals surface area contributed by atoms with Gasteiger partial charge in [0.05, 0.1) is 16.8 Å². The Labute approximate surface area is 156 Å². The summed E-state index contributed by atoms with van der Waals surface area (Å²) in [7, 11) is 0. The largest absolute Gasteiger partial charge is 0.417 e. The van der Waals surface area contributed by atoms with E-state index in [2.05, 4.69) is 10.2 Å². The Hall–Kier alpha value is -1.87. The second kappa shape index (κ2) is 7.63. The molecule has 0 aromatic heterocycles. The van der Waals surface area contributed by atoms with Crippen molar-refractivity contribution in [1.82, 2.24) is 5.32 Å². The zero-order valence-electron chi connectivity index (χ0n) is 14.0. The third-order valence-electron chi connectivity index (χ3n) is 4.16. The number of para-hydroxylation sites is 1. The van der Waals surface area contributed by atoms with Crippen LogP contribution in [0.5, 0.6) is 0 Å². The SMILES string of the molecule is FC(F)(F)c1ccc(Sc2ccccc2N2CCNCC2)c(C(F)(F)F)c1. The lowest BCUT2D eigenvalue weighted by molar-refractivity contribution is -0.144. The van der Waals surface area contributed by atoms with Crippen molar-refractivity contribution in [3.8, 4) is 0 Å². The molecule has 1 aliphatic rings. The first-order valence-electron chi connectivity index (χ1n) is 8.17. The Morgan fingerprint density at radius 2 is 1.48 bits per heavy atom. The number of alkyl halides is 6. The molecule has 146 valence electrons. The second-order valence-electron chi connectivity index (χ2n) is 6.01. The minimum atomic E-state index is -4.88. The van der Waals surface area contributed by atoms with Crippen LogP contribution >= 0.6 is 11.8 Å². The molecule has 2 nitrogen and oxygen atoms in total. The van der Waals surface area contributed by atoms with Crippen molar-refractivity contribution < 1.29 is 26.3 Å². The lowest BCUT2D eigenvalue weighted by Gasteiger charge is -2.31. The van der Waals surface area contributed by atoms with Crippen LogP contribution in [-0.4, -0.2) is 26.2 Å². The molecule has 0 atom stereocenters. The summed E-state index contributed by atoms with van der Waals surface area (Å²) >= 11 is 0.831. The van der Waals surface area contributed by atoms with Gasteiger partial charge in [-0.05, 0) is 30.3 Å². The van der Waals surface area contributed by atoms with Gasteiger partial charge in [-0.1, -0.05) is 23.9 Å². The number of halogens is 6. The van der Waals surface area contributed by atoms with Gasteiger partial charge in [-0.15, -0.1) is 0 Å². The molecule has 0 saturated carbocycles. The Kier molecular flexibility index (Phi) is 5.62. The van der Waals surface area contributed by atoms with E-state index in [0.29, 0.717) is 24.1 Å². The molecule has 27 heavy (non-hydrogen) atoms. The summed E-state index contributed by atoms with van der Waals surface area (Å²) in [6.45, 7) is 2.92. The highest BCUT2D eigenvalue weighted by Crippen LogP contribution is 2.44. The highest BCUT2D eigenvalue weighted by atomic mass is 32.2. The fourth-order valence-electron chi connectivity index (χ4n) is 2.85. The van der Waals surface area contributed by atoms with Crippen molar-refractivity contribution >= 4 is 17.4 Å².